The van der Waals surface area contributed by atoms with Crippen LogP contribution in [0.1, 0.15) is 37.1 Å². The molecule has 1 atom stereocenters. The van der Waals surface area contributed by atoms with E-state index in [4.69, 9.17) is 4.74 Å². The van der Waals surface area contributed by atoms with Crippen molar-refractivity contribution in [3.63, 3.8) is 0 Å². The number of rotatable bonds is 4. The summed E-state index contributed by atoms with van der Waals surface area (Å²) < 4.78 is 18.4. The molecule has 3 heterocycles. The SMILES string of the molecule is CCOC(=O)N1CCC(N2C(=O)C(=O)/C(=C(/O)c3ccc(F)cc3)C2c2ccccn2)CC1. The molecule has 33 heavy (non-hydrogen) atoms. The van der Waals surface area contributed by atoms with Crippen LogP contribution in [0.5, 0.6) is 0 Å². The number of hydrogen-bond acceptors (Lipinski definition) is 6. The highest BCUT2D eigenvalue weighted by Crippen LogP contribution is 2.41. The van der Waals surface area contributed by atoms with Gasteiger partial charge in [-0.2, -0.15) is 0 Å². The van der Waals surface area contributed by atoms with E-state index < -0.39 is 29.6 Å². The molecular weight excluding hydrogens is 429 g/mol. The molecule has 172 valence electrons. The monoisotopic (exact) mass is 453 g/mol. The fourth-order valence-electron chi connectivity index (χ4n) is 4.36. The van der Waals surface area contributed by atoms with E-state index in [0.29, 0.717) is 31.6 Å². The Balaban J connectivity index is 1.71. The second-order valence-corrected chi connectivity index (χ2v) is 7.89. The van der Waals surface area contributed by atoms with E-state index in [1.807, 2.05) is 0 Å². The van der Waals surface area contributed by atoms with Crippen LogP contribution in [0.15, 0.2) is 54.2 Å². The van der Waals surface area contributed by atoms with Crippen molar-refractivity contribution < 1.29 is 28.6 Å². The third-order valence-corrected chi connectivity index (χ3v) is 5.95. The number of nitrogens with zero attached hydrogens (tertiary/aromatic N) is 3. The number of benzene rings is 1. The average molecular weight is 453 g/mol. The highest BCUT2D eigenvalue weighted by molar-refractivity contribution is 6.46. The largest absolute Gasteiger partial charge is 0.507 e. The van der Waals surface area contributed by atoms with Crippen molar-refractivity contribution in [2.24, 2.45) is 0 Å². The number of carbonyl (C=O) groups is 3. The van der Waals surface area contributed by atoms with Crippen LogP contribution in [-0.2, 0) is 14.3 Å². The summed E-state index contributed by atoms with van der Waals surface area (Å²) in [4.78, 5) is 45.7. The maximum Gasteiger partial charge on any atom is 0.409 e. The summed E-state index contributed by atoms with van der Waals surface area (Å²) in [5.74, 6) is -2.42. The first kappa shape index (κ1) is 22.4. The number of likely N-dealkylation sites (tertiary alicyclic amines) is 2. The van der Waals surface area contributed by atoms with E-state index in [-0.39, 0.29) is 29.5 Å². The standard InChI is InChI=1S/C24H24FN3O5/c1-2-33-24(32)27-13-10-17(11-14-27)28-20(18-5-3-4-12-26-18)19(22(30)23(28)31)21(29)15-6-8-16(25)9-7-15/h3-9,12,17,20,29H,2,10-11,13-14H2,1H3/b21-19+. The average Bonchev–Trinajstić information content (AvgIpc) is 3.10. The Labute approximate surface area is 190 Å². The number of Topliss-reactive ketones (excluding diaryl/α,β-unsaturated/α-hetero) is 1. The lowest BCUT2D eigenvalue weighted by molar-refractivity contribution is -0.142. The summed E-state index contributed by atoms with van der Waals surface area (Å²) >= 11 is 0. The van der Waals surface area contributed by atoms with Gasteiger partial charge in [0.05, 0.1) is 17.9 Å². The molecule has 2 fully saturated rings. The van der Waals surface area contributed by atoms with Crippen molar-refractivity contribution in [2.75, 3.05) is 19.7 Å². The van der Waals surface area contributed by atoms with Gasteiger partial charge in [-0.15, -0.1) is 0 Å². The zero-order valence-electron chi connectivity index (χ0n) is 18.1. The third kappa shape index (κ3) is 4.30. The maximum absolute atomic E-state index is 13.4. The van der Waals surface area contributed by atoms with Crippen LogP contribution in [0.2, 0.25) is 0 Å². The van der Waals surface area contributed by atoms with E-state index in [1.54, 1.807) is 36.2 Å². The Bertz CT molecular complexity index is 1080. The fraction of sp³-hybridized carbons (Fsp3) is 0.333. The summed E-state index contributed by atoms with van der Waals surface area (Å²) in [6.07, 6.45) is 2.05. The molecule has 1 aromatic carbocycles. The van der Waals surface area contributed by atoms with Gasteiger partial charge in [0.1, 0.15) is 17.6 Å². The van der Waals surface area contributed by atoms with E-state index in [0.717, 1.165) is 0 Å². The summed E-state index contributed by atoms with van der Waals surface area (Å²) in [5.41, 5.74) is 0.582. The van der Waals surface area contributed by atoms with Crippen LogP contribution < -0.4 is 0 Å². The van der Waals surface area contributed by atoms with Crippen LogP contribution in [0.4, 0.5) is 9.18 Å². The first-order valence-electron chi connectivity index (χ1n) is 10.8. The molecule has 0 bridgehead atoms. The molecule has 8 nitrogen and oxygen atoms in total. The van der Waals surface area contributed by atoms with Crippen molar-refractivity contribution in [1.29, 1.82) is 0 Å². The number of ketones is 1. The molecule has 1 N–H and O–H groups in total. The number of aliphatic hydroxyl groups excluding tert-OH is 1. The molecule has 0 radical (unpaired) electrons. The van der Waals surface area contributed by atoms with Gasteiger partial charge in [-0.25, -0.2) is 9.18 Å². The van der Waals surface area contributed by atoms with E-state index >= 15 is 0 Å². The van der Waals surface area contributed by atoms with Gasteiger partial charge in [-0.1, -0.05) is 6.07 Å². The number of ether oxygens (including phenoxy) is 1. The van der Waals surface area contributed by atoms with Crippen molar-refractivity contribution in [3.05, 3.63) is 71.3 Å². The molecule has 1 unspecified atom stereocenters. The van der Waals surface area contributed by atoms with Crippen LogP contribution in [0, 0.1) is 5.82 Å². The van der Waals surface area contributed by atoms with Gasteiger partial charge < -0.3 is 19.6 Å². The minimum Gasteiger partial charge on any atom is -0.507 e. The normalized spacial score (nSPS) is 20.8. The van der Waals surface area contributed by atoms with Gasteiger partial charge >= 0.3 is 6.09 Å². The zero-order valence-corrected chi connectivity index (χ0v) is 18.1. The first-order chi connectivity index (χ1) is 15.9. The van der Waals surface area contributed by atoms with Gasteiger partial charge in [0, 0.05) is 30.9 Å². The quantitative estimate of drug-likeness (QED) is 0.433. The summed E-state index contributed by atoms with van der Waals surface area (Å²) in [6, 6.07) is 8.97. The molecule has 0 saturated carbocycles. The molecule has 2 aliphatic heterocycles. The van der Waals surface area contributed by atoms with Crippen molar-refractivity contribution in [3.8, 4) is 0 Å². The fourth-order valence-corrected chi connectivity index (χ4v) is 4.36. The molecule has 4 rings (SSSR count). The molecule has 1 aromatic heterocycles. The number of piperidine rings is 1. The zero-order chi connectivity index (χ0) is 23.5. The van der Waals surface area contributed by atoms with Crippen LogP contribution in [-0.4, -0.2) is 63.4 Å². The third-order valence-electron chi connectivity index (χ3n) is 5.95. The molecule has 2 aromatic rings. The number of aromatic nitrogens is 1. The van der Waals surface area contributed by atoms with Crippen LogP contribution >= 0.6 is 0 Å². The van der Waals surface area contributed by atoms with E-state index in [2.05, 4.69) is 4.98 Å². The number of halogens is 1. The molecule has 2 amide bonds. The van der Waals surface area contributed by atoms with E-state index in [1.165, 1.54) is 29.2 Å². The Morgan fingerprint density at radius 3 is 2.45 bits per heavy atom. The van der Waals surface area contributed by atoms with Crippen molar-refractivity contribution >= 4 is 23.5 Å². The molecule has 0 spiro atoms. The Hall–Kier alpha value is -3.75. The highest BCUT2D eigenvalue weighted by atomic mass is 19.1. The number of carbonyl (C=O) groups excluding carboxylic acids is 3. The summed E-state index contributed by atoms with van der Waals surface area (Å²) in [6.45, 7) is 2.76. The van der Waals surface area contributed by atoms with Gasteiger partial charge in [-0.05, 0) is 56.2 Å². The van der Waals surface area contributed by atoms with Crippen LogP contribution in [0.25, 0.3) is 5.76 Å². The minimum absolute atomic E-state index is 0.0851. The van der Waals surface area contributed by atoms with Gasteiger partial charge in [0.15, 0.2) is 0 Å². The van der Waals surface area contributed by atoms with Crippen LogP contribution in [0.3, 0.4) is 0 Å². The Morgan fingerprint density at radius 1 is 1.15 bits per heavy atom. The lowest BCUT2D eigenvalue weighted by atomic mass is 9.96. The Kier molecular flexibility index (Phi) is 6.39. The number of amides is 2. The maximum atomic E-state index is 13.4. The smallest absolute Gasteiger partial charge is 0.409 e. The predicted octanol–water partition coefficient (Wildman–Crippen LogP) is 3.26. The Morgan fingerprint density at radius 2 is 1.85 bits per heavy atom. The lowest BCUT2D eigenvalue weighted by Crippen LogP contribution is -2.48. The predicted molar refractivity (Wildman–Crippen MR) is 116 cm³/mol. The number of hydrogen-bond donors (Lipinski definition) is 1. The van der Waals surface area contributed by atoms with Gasteiger partial charge in [0.25, 0.3) is 11.7 Å². The lowest BCUT2D eigenvalue weighted by Gasteiger charge is -2.38. The van der Waals surface area contributed by atoms with E-state index in [9.17, 15) is 23.9 Å². The summed E-state index contributed by atoms with van der Waals surface area (Å²) in [7, 11) is 0. The highest BCUT2D eigenvalue weighted by Gasteiger charge is 2.50. The second-order valence-electron chi connectivity index (χ2n) is 7.89. The minimum atomic E-state index is -0.893. The molecule has 2 aliphatic rings. The molecular formula is C24H24FN3O5. The first-order valence-corrected chi connectivity index (χ1v) is 10.8. The molecule has 9 heteroatoms. The van der Waals surface area contributed by atoms with Crippen molar-refractivity contribution in [2.45, 2.75) is 31.8 Å². The number of pyridine rings is 1. The van der Waals surface area contributed by atoms with Gasteiger partial charge in [0.2, 0.25) is 0 Å². The molecule has 0 aliphatic carbocycles. The number of aliphatic hydroxyl groups is 1. The topological polar surface area (TPSA) is 100 Å². The van der Waals surface area contributed by atoms with Gasteiger partial charge in [-0.3, -0.25) is 14.6 Å². The summed E-state index contributed by atoms with van der Waals surface area (Å²) in [5, 5.41) is 11.0. The van der Waals surface area contributed by atoms with Crippen molar-refractivity contribution in [1.82, 2.24) is 14.8 Å². The second kappa shape index (κ2) is 9.40. The molecule has 2 saturated heterocycles.